The van der Waals surface area contributed by atoms with Crippen molar-refractivity contribution < 1.29 is 19.1 Å². The molecule has 1 saturated carbocycles. The molecule has 1 aliphatic rings. The van der Waals surface area contributed by atoms with Crippen LogP contribution in [-0.4, -0.2) is 24.6 Å². The van der Waals surface area contributed by atoms with Gasteiger partial charge in [-0.15, -0.1) is 0 Å². The van der Waals surface area contributed by atoms with E-state index < -0.39 is 0 Å². The van der Waals surface area contributed by atoms with E-state index in [9.17, 15) is 9.59 Å². The molecule has 0 bridgehead atoms. The number of carbonyl (C=O) groups excluding carboxylic acids is 2. The number of esters is 2. The summed E-state index contributed by atoms with van der Waals surface area (Å²) in [5.41, 5.74) is 16.7. The predicted molar refractivity (Wildman–Crippen MR) is 169 cm³/mol. The number of rotatable bonds is 13. The third-order valence-electron chi connectivity index (χ3n) is 7.85. The first-order chi connectivity index (χ1) is 20.3. The van der Waals surface area contributed by atoms with Gasteiger partial charge in [0.15, 0.2) is 0 Å². The van der Waals surface area contributed by atoms with Crippen LogP contribution in [0.2, 0.25) is 0 Å². The topological polar surface area (TPSA) is 105 Å². The minimum Gasteiger partial charge on any atom is -0.462 e. The monoisotopic (exact) mass is 567 g/mol. The van der Waals surface area contributed by atoms with Gasteiger partial charge in [0, 0.05) is 17.5 Å². The lowest BCUT2D eigenvalue weighted by Gasteiger charge is -2.30. The van der Waals surface area contributed by atoms with Crippen molar-refractivity contribution >= 4 is 29.4 Å². The van der Waals surface area contributed by atoms with Gasteiger partial charge in [-0.1, -0.05) is 42.8 Å². The van der Waals surface area contributed by atoms with Gasteiger partial charge in [-0.05, 0) is 129 Å². The fourth-order valence-corrected chi connectivity index (χ4v) is 5.51. The summed E-state index contributed by atoms with van der Waals surface area (Å²) in [5, 5.41) is 0. The van der Waals surface area contributed by atoms with Crippen molar-refractivity contribution in [1.29, 1.82) is 0 Å². The van der Waals surface area contributed by atoms with Crippen LogP contribution in [0, 0.1) is 12.3 Å². The zero-order chi connectivity index (χ0) is 29.8. The third kappa shape index (κ3) is 10.1. The summed E-state index contributed by atoms with van der Waals surface area (Å²) in [5.74, 6) is -0.675. The highest BCUT2D eigenvalue weighted by Gasteiger charge is 2.25. The van der Waals surface area contributed by atoms with Crippen LogP contribution in [0.3, 0.4) is 0 Å². The van der Waals surface area contributed by atoms with Crippen LogP contribution in [0.15, 0.2) is 78.9 Å². The second-order valence-corrected chi connectivity index (χ2v) is 11.6. The first-order valence-electron chi connectivity index (χ1n) is 15.0. The van der Waals surface area contributed by atoms with E-state index in [1.54, 1.807) is 30.3 Å². The molecule has 42 heavy (non-hydrogen) atoms. The van der Waals surface area contributed by atoms with E-state index in [4.69, 9.17) is 20.9 Å². The highest BCUT2D eigenvalue weighted by molar-refractivity contribution is 5.90. The second kappa shape index (κ2) is 15.2. The molecule has 0 heterocycles. The van der Waals surface area contributed by atoms with Crippen molar-refractivity contribution in [2.45, 2.75) is 70.3 Å². The number of hydrogen-bond acceptors (Lipinski definition) is 6. The molecule has 4 rings (SSSR count). The zero-order valence-corrected chi connectivity index (χ0v) is 24.4. The van der Waals surface area contributed by atoms with Gasteiger partial charge in [0.25, 0.3) is 0 Å². The van der Waals surface area contributed by atoms with Gasteiger partial charge in [-0.3, -0.25) is 0 Å². The normalized spacial score (nSPS) is 14.1. The molecule has 0 aromatic heterocycles. The van der Waals surface area contributed by atoms with Crippen LogP contribution in [-0.2, 0) is 27.1 Å². The van der Waals surface area contributed by atoms with Gasteiger partial charge >= 0.3 is 11.9 Å². The van der Waals surface area contributed by atoms with Crippen LogP contribution in [0.4, 0.5) is 11.4 Å². The molecule has 0 unspecified atom stereocenters. The molecular weight excluding hydrogens is 524 g/mol. The molecule has 4 N–H and O–H groups in total. The van der Waals surface area contributed by atoms with Crippen molar-refractivity contribution in [2.24, 2.45) is 5.41 Å². The molecule has 0 aliphatic heterocycles. The Balaban J connectivity index is 1.23. The lowest BCUT2D eigenvalue weighted by Crippen LogP contribution is -2.23. The van der Waals surface area contributed by atoms with E-state index in [-0.39, 0.29) is 23.5 Å². The molecule has 1 fully saturated rings. The van der Waals surface area contributed by atoms with Gasteiger partial charge in [-0.25, -0.2) is 9.59 Å². The molecule has 1 radical (unpaired) electrons. The van der Waals surface area contributed by atoms with Crippen molar-refractivity contribution in [1.82, 2.24) is 0 Å². The Morgan fingerprint density at radius 3 is 1.95 bits per heavy atom. The van der Waals surface area contributed by atoms with Crippen molar-refractivity contribution in [3.8, 4) is 0 Å². The Bertz CT molecular complexity index is 1260. The molecule has 221 valence electrons. The summed E-state index contributed by atoms with van der Waals surface area (Å²) in [4.78, 5) is 24.7. The highest BCUT2D eigenvalue weighted by Crippen LogP contribution is 2.33. The number of anilines is 2. The summed E-state index contributed by atoms with van der Waals surface area (Å²) in [6, 6.07) is 23.0. The largest absolute Gasteiger partial charge is 0.462 e. The van der Waals surface area contributed by atoms with Gasteiger partial charge in [0.2, 0.25) is 0 Å². The quantitative estimate of drug-likeness (QED) is 0.0967. The Kier molecular flexibility index (Phi) is 11.2. The summed E-state index contributed by atoms with van der Waals surface area (Å²) >= 11 is 0. The van der Waals surface area contributed by atoms with Crippen molar-refractivity contribution in [3.05, 3.63) is 108 Å². The first-order valence-corrected chi connectivity index (χ1v) is 15.0. The number of hydrogen-bond donors (Lipinski definition) is 2. The van der Waals surface area contributed by atoms with E-state index >= 15 is 0 Å². The van der Waals surface area contributed by atoms with Crippen LogP contribution in [0.1, 0.15) is 78.4 Å². The van der Waals surface area contributed by atoms with E-state index in [2.05, 4.69) is 31.2 Å². The van der Waals surface area contributed by atoms with Gasteiger partial charge in [-0.2, -0.15) is 0 Å². The Morgan fingerprint density at radius 1 is 0.810 bits per heavy atom. The zero-order valence-electron chi connectivity index (χ0n) is 24.4. The fraction of sp³-hybridized carbons (Fsp3) is 0.361. The Morgan fingerprint density at radius 2 is 1.38 bits per heavy atom. The minimum atomic E-state index is -0.355. The van der Waals surface area contributed by atoms with Crippen LogP contribution in [0.25, 0.3) is 6.08 Å². The van der Waals surface area contributed by atoms with E-state index in [0.717, 1.165) is 74.7 Å². The number of nitrogens with two attached hydrogens (primary N) is 2. The van der Waals surface area contributed by atoms with Gasteiger partial charge in [0.1, 0.15) is 6.10 Å². The first kappa shape index (κ1) is 30.9. The number of ether oxygens (including phenoxy) is 2. The van der Waals surface area contributed by atoms with Crippen molar-refractivity contribution in [3.63, 3.8) is 0 Å². The van der Waals surface area contributed by atoms with E-state index in [0.29, 0.717) is 12.2 Å². The summed E-state index contributed by atoms with van der Waals surface area (Å²) in [7, 11) is 0. The fourth-order valence-electron chi connectivity index (χ4n) is 5.51. The summed E-state index contributed by atoms with van der Waals surface area (Å²) < 4.78 is 11.1. The molecule has 0 spiro atoms. The number of carbonyl (C=O) groups is 2. The van der Waals surface area contributed by atoms with Gasteiger partial charge < -0.3 is 20.9 Å². The highest BCUT2D eigenvalue weighted by atomic mass is 16.5. The molecule has 3 aromatic rings. The number of nitrogen functional groups attached to an aromatic ring is 2. The smallest absolute Gasteiger partial charge is 0.338 e. The average molecular weight is 568 g/mol. The minimum absolute atomic E-state index is 0.0329. The third-order valence-corrected chi connectivity index (χ3v) is 7.85. The maximum absolute atomic E-state index is 12.6. The SMILES string of the molecule is [CH2]C(CCCCOC(=O)c1ccc(/C=C/C(=O)OC2CCCCC2)cc1)(Cc1ccc(N)cc1)Cc1ccc(N)cc1. The molecular formula is C36H43N2O4. The maximum Gasteiger partial charge on any atom is 0.338 e. The Labute approximate surface area is 250 Å². The molecule has 3 aromatic carbocycles. The van der Waals surface area contributed by atoms with Crippen LogP contribution >= 0.6 is 0 Å². The molecule has 6 nitrogen and oxygen atoms in total. The molecule has 6 heteroatoms. The lowest BCUT2D eigenvalue weighted by atomic mass is 9.74. The van der Waals surface area contributed by atoms with Crippen molar-refractivity contribution in [2.75, 3.05) is 18.1 Å². The number of benzene rings is 3. The Hall–Kier alpha value is -4.06. The average Bonchev–Trinajstić information content (AvgIpc) is 2.99. The standard InChI is InChI=1S/C36H43N2O4/c1-36(25-28-11-18-31(37)19-12-28,26-29-13-20-32(38)21-14-29)23-5-6-24-41-35(40)30-16-9-27(10-17-30)15-22-34(39)42-33-7-3-2-4-8-33/h9-22,33H,1-8,23-26,37-38H2/b22-15+. The van der Waals surface area contributed by atoms with E-state index in [1.165, 1.54) is 23.6 Å². The molecule has 0 atom stereocenters. The molecule has 1 aliphatic carbocycles. The molecule has 0 saturated heterocycles. The predicted octanol–water partition coefficient (Wildman–Crippen LogP) is 7.37. The summed E-state index contributed by atoms with van der Waals surface area (Å²) in [6.45, 7) is 4.98. The van der Waals surface area contributed by atoms with Crippen LogP contribution in [0.5, 0.6) is 0 Å². The maximum atomic E-state index is 12.6. The lowest BCUT2D eigenvalue weighted by molar-refractivity contribution is -0.144. The van der Waals surface area contributed by atoms with Gasteiger partial charge in [0.05, 0.1) is 12.2 Å². The van der Waals surface area contributed by atoms with E-state index in [1.807, 2.05) is 24.3 Å². The second-order valence-electron chi connectivity index (χ2n) is 11.6. The summed E-state index contributed by atoms with van der Waals surface area (Å²) in [6.07, 6.45) is 12.7. The molecule has 0 amide bonds. The van der Waals surface area contributed by atoms with Crippen LogP contribution < -0.4 is 11.5 Å². The number of unbranched alkanes of at least 4 members (excludes halogenated alkanes) is 1.